The number of halogens is 2. The number of rotatable bonds is 2. The molecule has 5 heteroatoms. The van der Waals surface area contributed by atoms with Gasteiger partial charge in [0.25, 0.3) is 0 Å². The number of phenolic OH excluding ortho intramolecular Hbond substituents is 1. The Bertz CT molecular complexity index is 351. The molecule has 0 fully saturated rings. The van der Waals surface area contributed by atoms with Crippen LogP contribution in [0.25, 0.3) is 0 Å². The molecule has 13 heavy (non-hydrogen) atoms. The first-order valence-corrected chi connectivity index (χ1v) is 4.19. The monoisotopic (exact) mass is 248 g/mol. The molecule has 0 radical (unpaired) electrons. The van der Waals surface area contributed by atoms with Gasteiger partial charge in [-0.3, -0.25) is 4.79 Å². The Hall–Kier alpha value is -1.10. The largest absolute Gasteiger partial charge is 0.506 e. The lowest BCUT2D eigenvalue weighted by Crippen LogP contribution is -2.03. The van der Waals surface area contributed by atoms with Crippen LogP contribution in [0.4, 0.5) is 4.39 Å². The van der Waals surface area contributed by atoms with Crippen LogP contribution < -0.4 is 0 Å². The van der Waals surface area contributed by atoms with E-state index in [1.165, 1.54) is 6.07 Å². The lowest BCUT2D eigenvalue weighted by molar-refractivity contribution is -0.136. The highest BCUT2D eigenvalue weighted by Crippen LogP contribution is 2.29. The van der Waals surface area contributed by atoms with Crippen LogP contribution in [-0.2, 0) is 11.2 Å². The molecule has 70 valence electrons. The number of aliphatic carboxylic acids is 1. The standard InChI is InChI=1S/C8H6BrFO3/c9-5-1-2-6(10)4(8(5)13)3-7(11)12/h1-2,13H,3H2,(H,11,12). The molecule has 0 heterocycles. The molecule has 0 saturated carbocycles. The average molecular weight is 249 g/mol. The van der Waals surface area contributed by atoms with Gasteiger partial charge in [-0.2, -0.15) is 0 Å². The molecule has 0 amide bonds. The quantitative estimate of drug-likeness (QED) is 0.841. The van der Waals surface area contributed by atoms with E-state index in [0.29, 0.717) is 0 Å². The minimum Gasteiger partial charge on any atom is -0.506 e. The summed E-state index contributed by atoms with van der Waals surface area (Å²) in [5, 5.41) is 17.7. The minimum atomic E-state index is -1.19. The first-order chi connectivity index (χ1) is 6.02. The molecule has 0 spiro atoms. The van der Waals surface area contributed by atoms with Crippen LogP contribution in [0.1, 0.15) is 5.56 Å². The highest BCUT2D eigenvalue weighted by atomic mass is 79.9. The molecule has 0 bridgehead atoms. The molecule has 0 atom stereocenters. The number of benzene rings is 1. The molecule has 1 aromatic carbocycles. The van der Waals surface area contributed by atoms with Gasteiger partial charge in [0.05, 0.1) is 10.9 Å². The van der Waals surface area contributed by atoms with E-state index < -0.39 is 18.2 Å². The van der Waals surface area contributed by atoms with E-state index in [0.717, 1.165) is 6.07 Å². The summed E-state index contributed by atoms with van der Waals surface area (Å²) in [7, 11) is 0. The molecule has 0 aromatic heterocycles. The number of carboxylic acid groups (broad SMARTS) is 1. The third-order valence-corrected chi connectivity index (χ3v) is 2.14. The van der Waals surface area contributed by atoms with Crippen molar-refractivity contribution in [3.05, 3.63) is 28.0 Å². The van der Waals surface area contributed by atoms with Gasteiger partial charge in [-0.05, 0) is 28.1 Å². The van der Waals surface area contributed by atoms with Gasteiger partial charge in [0.2, 0.25) is 0 Å². The Morgan fingerprint density at radius 1 is 1.54 bits per heavy atom. The zero-order valence-corrected chi connectivity index (χ0v) is 8.01. The molecule has 1 aromatic rings. The Kier molecular flexibility index (Phi) is 2.87. The van der Waals surface area contributed by atoms with Crippen molar-refractivity contribution >= 4 is 21.9 Å². The van der Waals surface area contributed by atoms with Gasteiger partial charge in [-0.1, -0.05) is 0 Å². The average Bonchev–Trinajstić information content (AvgIpc) is 2.05. The van der Waals surface area contributed by atoms with E-state index in [-0.39, 0.29) is 15.8 Å². The molecular weight excluding hydrogens is 243 g/mol. The number of carbonyl (C=O) groups is 1. The van der Waals surface area contributed by atoms with E-state index in [1.54, 1.807) is 0 Å². The summed E-state index contributed by atoms with van der Waals surface area (Å²) in [5.74, 6) is -2.27. The second-order valence-electron chi connectivity index (χ2n) is 2.43. The second kappa shape index (κ2) is 3.74. The summed E-state index contributed by atoms with van der Waals surface area (Å²) in [6.07, 6.45) is -0.531. The summed E-state index contributed by atoms with van der Waals surface area (Å²) in [6, 6.07) is 2.41. The molecule has 0 aliphatic rings. The summed E-state index contributed by atoms with van der Waals surface area (Å²) in [5.41, 5.74) is -0.207. The summed E-state index contributed by atoms with van der Waals surface area (Å²) in [4.78, 5) is 10.3. The first kappa shape index (κ1) is 9.98. The zero-order valence-electron chi connectivity index (χ0n) is 6.42. The molecule has 0 saturated heterocycles. The fourth-order valence-electron chi connectivity index (χ4n) is 0.902. The predicted octanol–water partition coefficient (Wildman–Crippen LogP) is 1.92. The fraction of sp³-hybridized carbons (Fsp3) is 0.125. The van der Waals surface area contributed by atoms with Crippen LogP contribution in [0.5, 0.6) is 5.75 Å². The smallest absolute Gasteiger partial charge is 0.308 e. The van der Waals surface area contributed by atoms with Gasteiger partial charge in [0, 0.05) is 5.56 Å². The normalized spacial score (nSPS) is 10.0. The number of hydrogen-bond donors (Lipinski definition) is 2. The lowest BCUT2D eigenvalue weighted by Gasteiger charge is -2.04. The summed E-state index contributed by atoms with van der Waals surface area (Å²) >= 11 is 2.96. The molecule has 2 N–H and O–H groups in total. The highest BCUT2D eigenvalue weighted by Gasteiger charge is 2.14. The Labute approximate surface area is 81.9 Å². The minimum absolute atomic E-state index is 0.207. The van der Waals surface area contributed by atoms with Crippen molar-refractivity contribution in [2.45, 2.75) is 6.42 Å². The van der Waals surface area contributed by atoms with Crippen LogP contribution in [0.2, 0.25) is 0 Å². The Morgan fingerprint density at radius 2 is 2.15 bits per heavy atom. The van der Waals surface area contributed by atoms with E-state index >= 15 is 0 Å². The Balaban J connectivity index is 3.17. The molecule has 0 aliphatic heterocycles. The molecule has 0 unspecified atom stereocenters. The van der Waals surface area contributed by atoms with Gasteiger partial charge in [0.1, 0.15) is 11.6 Å². The van der Waals surface area contributed by atoms with E-state index in [9.17, 15) is 14.3 Å². The van der Waals surface area contributed by atoms with Crippen LogP contribution in [0, 0.1) is 5.82 Å². The van der Waals surface area contributed by atoms with Gasteiger partial charge in [0.15, 0.2) is 0 Å². The highest BCUT2D eigenvalue weighted by molar-refractivity contribution is 9.10. The number of aromatic hydroxyl groups is 1. The molecule has 3 nitrogen and oxygen atoms in total. The van der Waals surface area contributed by atoms with E-state index in [2.05, 4.69) is 15.9 Å². The predicted molar refractivity (Wildman–Crippen MR) is 47.1 cm³/mol. The zero-order chi connectivity index (χ0) is 10.0. The molecular formula is C8H6BrFO3. The van der Waals surface area contributed by atoms with Crippen molar-refractivity contribution in [1.82, 2.24) is 0 Å². The van der Waals surface area contributed by atoms with Crippen LogP contribution in [0.15, 0.2) is 16.6 Å². The van der Waals surface area contributed by atoms with Crippen LogP contribution >= 0.6 is 15.9 Å². The lowest BCUT2D eigenvalue weighted by atomic mass is 10.1. The van der Waals surface area contributed by atoms with Crippen molar-refractivity contribution in [1.29, 1.82) is 0 Å². The SMILES string of the molecule is O=C(O)Cc1c(F)ccc(Br)c1O. The number of hydrogen-bond acceptors (Lipinski definition) is 2. The third-order valence-electron chi connectivity index (χ3n) is 1.50. The van der Waals surface area contributed by atoms with Crippen molar-refractivity contribution < 1.29 is 19.4 Å². The Morgan fingerprint density at radius 3 is 2.69 bits per heavy atom. The summed E-state index contributed by atoms with van der Waals surface area (Å²) < 4.78 is 13.2. The van der Waals surface area contributed by atoms with Crippen molar-refractivity contribution in [2.24, 2.45) is 0 Å². The van der Waals surface area contributed by atoms with Crippen molar-refractivity contribution in [3.8, 4) is 5.75 Å². The van der Waals surface area contributed by atoms with Crippen LogP contribution in [-0.4, -0.2) is 16.2 Å². The van der Waals surface area contributed by atoms with Crippen molar-refractivity contribution in [3.63, 3.8) is 0 Å². The topological polar surface area (TPSA) is 57.5 Å². The second-order valence-corrected chi connectivity index (χ2v) is 3.28. The van der Waals surface area contributed by atoms with Gasteiger partial charge in [-0.25, -0.2) is 4.39 Å². The van der Waals surface area contributed by atoms with Gasteiger partial charge in [-0.15, -0.1) is 0 Å². The third kappa shape index (κ3) is 2.18. The van der Waals surface area contributed by atoms with Crippen molar-refractivity contribution in [2.75, 3.05) is 0 Å². The van der Waals surface area contributed by atoms with E-state index in [4.69, 9.17) is 5.11 Å². The fourth-order valence-corrected chi connectivity index (χ4v) is 1.27. The van der Waals surface area contributed by atoms with Gasteiger partial charge >= 0.3 is 5.97 Å². The maximum Gasteiger partial charge on any atom is 0.308 e. The van der Waals surface area contributed by atoms with E-state index in [1.807, 2.05) is 0 Å². The molecule has 1 rings (SSSR count). The van der Waals surface area contributed by atoms with Crippen LogP contribution in [0.3, 0.4) is 0 Å². The number of carboxylic acids is 1. The number of phenols is 1. The maximum absolute atomic E-state index is 12.9. The maximum atomic E-state index is 12.9. The van der Waals surface area contributed by atoms with Gasteiger partial charge < -0.3 is 10.2 Å². The summed E-state index contributed by atoms with van der Waals surface area (Å²) in [6.45, 7) is 0. The molecule has 0 aliphatic carbocycles. The first-order valence-electron chi connectivity index (χ1n) is 3.40.